The van der Waals surface area contributed by atoms with E-state index in [1.165, 1.54) is 0 Å². The second-order valence-electron chi connectivity index (χ2n) is 14.1. The maximum atomic E-state index is 13.7. The van der Waals surface area contributed by atoms with Gasteiger partial charge in [-0.2, -0.15) is 0 Å². The predicted molar refractivity (Wildman–Crippen MR) is 184 cm³/mol. The lowest BCUT2D eigenvalue weighted by Gasteiger charge is -2.33. The summed E-state index contributed by atoms with van der Waals surface area (Å²) in [6, 6.07) is 14.5. The van der Waals surface area contributed by atoms with Crippen LogP contribution in [0.15, 0.2) is 60.7 Å². The van der Waals surface area contributed by atoms with Crippen molar-refractivity contribution in [3.8, 4) is 0 Å². The molecule has 0 unspecified atom stereocenters. The summed E-state index contributed by atoms with van der Waals surface area (Å²) < 4.78 is 22.2. The second kappa shape index (κ2) is 18.9. The van der Waals surface area contributed by atoms with Crippen molar-refractivity contribution < 1.29 is 42.9 Å². The molecule has 2 rings (SSSR count). The number of nitrogens with one attached hydrogen (secondary N) is 3. The van der Waals surface area contributed by atoms with Crippen molar-refractivity contribution >= 4 is 29.8 Å². The van der Waals surface area contributed by atoms with Crippen LogP contribution in [0.4, 0.5) is 4.79 Å². The van der Waals surface area contributed by atoms with Crippen LogP contribution in [0.1, 0.15) is 86.3 Å². The lowest BCUT2D eigenvalue weighted by Crippen LogP contribution is -2.60. The molecule has 0 aliphatic carbocycles. The van der Waals surface area contributed by atoms with Crippen molar-refractivity contribution in [1.82, 2.24) is 16.0 Å². The summed E-state index contributed by atoms with van der Waals surface area (Å²) in [5.41, 5.74) is 0.0739. The number of esters is 2. The minimum Gasteiger partial charge on any atom is -0.461 e. The van der Waals surface area contributed by atoms with Gasteiger partial charge in [-0.05, 0) is 71.9 Å². The number of alkyl carbamates (subject to hydrolysis) is 1. The van der Waals surface area contributed by atoms with Gasteiger partial charge in [-0.25, -0.2) is 9.59 Å². The average Bonchev–Trinajstić information content (AvgIpc) is 3.01. The fraction of sp³-hybridized carbons (Fsp3) is 0.541. The van der Waals surface area contributed by atoms with Crippen molar-refractivity contribution in [2.45, 2.75) is 124 Å². The fourth-order valence-corrected chi connectivity index (χ4v) is 4.64. The molecule has 0 aliphatic rings. The topological polar surface area (TPSA) is 158 Å². The zero-order valence-corrected chi connectivity index (χ0v) is 30.2. The van der Waals surface area contributed by atoms with E-state index in [0.29, 0.717) is 0 Å². The minimum atomic E-state index is -1.26. The summed E-state index contributed by atoms with van der Waals surface area (Å²) in [6.07, 6.45) is -2.00. The van der Waals surface area contributed by atoms with Gasteiger partial charge in [0.05, 0.1) is 11.7 Å². The number of carbonyl (C=O) groups excluding carboxylic acids is 5. The van der Waals surface area contributed by atoms with E-state index in [-0.39, 0.29) is 26.1 Å². The SMILES string of the molecule is CC(C)[C@H](NC(=O)[C@H](CCC(=O)OCc1ccccc1)NC(=O)OCc1ccccc1)C(=O)N[C@H](C(=O)OC(C)(C)C)[C@@H](C)OC(C)(C)C. The third-order valence-electron chi connectivity index (χ3n) is 6.92. The first kappa shape index (κ1) is 40.7. The molecule has 0 spiro atoms. The quantitative estimate of drug-likeness (QED) is 0.164. The van der Waals surface area contributed by atoms with Crippen molar-refractivity contribution in [1.29, 1.82) is 0 Å². The monoisotopic (exact) mass is 683 g/mol. The Morgan fingerprint density at radius 2 is 1.16 bits per heavy atom. The van der Waals surface area contributed by atoms with E-state index in [4.69, 9.17) is 18.9 Å². The van der Waals surface area contributed by atoms with E-state index in [0.717, 1.165) is 11.1 Å². The summed E-state index contributed by atoms with van der Waals surface area (Å²) in [6.45, 7) is 15.7. The number of rotatable bonds is 16. The highest BCUT2D eigenvalue weighted by atomic mass is 16.6. The number of amides is 3. The van der Waals surface area contributed by atoms with Gasteiger partial charge in [-0.1, -0.05) is 74.5 Å². The largest absolute Gasteiger partial charge is 0.461 e. The molecule has 0 heterocycles. The van der Waals surface area contributed by atoms with Gasteiger partial charge in [0.25, 0.3) is 0 Å². The normalized spacial score (nSPS) is 14.1. The van der Waals surface area contributed by atoms with Crippen molar-refractivity contribution in [3.05, 3.63) is 71.8 Å². The van der Waals surface area contributed by atoms with E-state index in [1.54, 1.807) is 65.8 Å². The lowest BCUT2D eigenvalue weighted by molar-refractivity contribution is -0.166. The molecule has 0 bridgehead atoms. The highest BCUT2D eigenvalue weighted by molar-refractivity contribution is 5.93. The molecule has 0 saturated heterocycles. The maximum Gasteiger partial charge on any atom is 0.408 e. The molecule has 0 saturated carbocycles. The van der Waals surface area contributed by atoms with E-state index >= 15 is 0 Å². The van der Waals surface area contributed by atoms with Crippen LogP contribution < -0.4 is 16.0 Å². The predicted octanol–water partition coefficient (Wildman–Crippen LogP) is 4.98. The van der Waals surface area contributed by atoms with Gasteiger partial charge in [-0.3, -0.25) is 14.4 Å². The first-order chi connectivity index (χ1) is 22.8. The molecule has 49 heavy (non-hydrogen) atoms. The van der Waals surface area contributed by atoms with Gasteiger partial charge in [0, 0.05) is 6.42 Å². The number of benzene rings is 2. The molecular formula is C37H53N3O9. The molecule has 4 atom stereocenters. The fourth-order valence-electron chi connectivity index (χ4n) is 4.64. The Balaban J connectivity index is 2.21. The van der Waals surface area contributed by atoms with Crippen LogP contribution in [-0.4, -0.2) is 65.3 Å². The average molecular weight is 684 g/mol. The third kappa shape index (κ3) is 16.0. The van der Waals surface area contributed by atoms with Crippen LogP contribution in [0.5, 0.6) is 0 Å². The van der Waals surface area contributed by atoms with Crippen LogP contribution in [-0.2, 0) is 51.3 Å². The van der Waals surface area contributed by atoms with Crippen LogP contribution >= 0.6 is 0 Å². The first-order valence-corrected chi connectivity index (χ1v) is 16.5. The summed E-state index contributed by atoms with van der Waals surface area (Å²) in [4.78, 5) is 66.0. The Morgan fingerprint density at radius 3 is 1.65 bits per heavy atom. The van der Waals surface area contributed by atoms with Crippen molar-refractivity contribution in [2.75, 3.05) is 0 Å². The highest BCUT2D eigenvalue weighted by Gasteiger charge is 2.37. The molecule has 0 radical (unpaired) electrons. The van der Waals surface area contributed by atoms with Gasteiger partial charge in [0.2, 0.25) is 11.8 Å². The van der Waals surface area contributed by atoms with Crippen molar-refractivity contribution in [2.24, 2.45) is 5.92 Å². The molecule has 2 aromatic carbocycles. The van der Waals surface area contributed by atoms with Gasteiger partial charge in [-0.15, -0.1) is 0 Å². The van der Waals surface area contributed by atoms with Crippen LogP contribution in [0.2, 0.25) is 0 Å². The minimum absolute atomic E-state index is 0.0436. The Bertz CT molecular complexity index is 1370. The maximum absolute atomic E-state index is 13.7. The Kier molecular flexibility index (Phi) is 15.7. The van der Waals surface area contributed by atoms with Crippen molar-refractivity contribution in [3.63, 3.8) is 0 Å². The number of ether oxygens (including phenoxy) is 4. The number of carbonyl (C=O) groups is 5. The van der Waals surface area contributed by atoms with Gasteiger partial charge in [0.1, 0.15) is 30.9 Å². The molecular weight excluding hydrogens is 630 g/mol. The summed E-state index contributed by atoms with van der Waals surface area (Å²) in [5, 5.41) is 7.92. The van der Waals surface area contributed by atoms with E-state index in [2.05, 4.69) is 16.0 Å². The van der Waals surface area contributed by atoms with E-state index < -0.39 is 71.2 Å². The zero-order chi connectivity index (χ0) is 36.8. The number of hydrogen-bond donors (Lipinski definition) is 3. The zero-order valence-electron chi connectivity index (χ0n) is 30.2. The van der Waals surface area contributed by atoms with Crippen LogP contribution in [0.3, 0.4) is 0 Å². The van der Waals surface area contributed by atoms with Gasteiger partial charge >= 0.3 is 18.0 Å². The first-order valence-electron chi connectivity index (χ1n) is 16.5. The molecule has 0 aromatic heterocycles. The highest BCUT2D eigenvalue weighted by Crippen LogP contribution is 2.17. The molecule has 3 N–H and O–H groups in total. The molecule has 3 amide bonds. The number of hydrogen-bond acceptors (Lipinski definition) is 9. The van der Waals surface area contributed by atoms with Gasteiger partial charge < -0.3 is 34.9 Å². The second-order valence-corrected chi connectivity index (χ2v) is 14.1. The standard InChI is InChI=1S/C37H53N3O9/c1-24(2)30(33(43)40-31(25(3)48-36(4,5)6)34(44)49-37(7,8)9)39-32(42)28(38-35(45)47-23-27-18-14-11-15-19-27)20-21-29(41)46-22-26-16-12-10-13-17-26/h10-19,24-25,28,30-31H,20-23H2,1-9H3,(H,38,45)(H,39,42)(H,40,43)/t25-,28+,30+,31+/m1/s1. The smallest absolute Gasteiger partial charge is 0.408 e. The molecule has 12 heteroatoms. The molecule has 2 aromatic rings. The van der Waals surface area contributed by atoms with Crippen LogP contribution in [0.25, 0.3) is 0 Å². The van der Waals surface area contributed by atoms with Crippen LogP contribution in [0, 0.1) is 5.92 Å². The Morgan fingerprint density at radius 1 is 0.653 bits per heavy atom. The molecule has 0 fully saturated rings. The summed E-state index contributed by atoms with van der Waals surface area (Å²) >= 11 is 0. The van der Waals surface area contributed by atoms with Gasteiger partial charge in [0.15, 0.2) is 6.04 Å². The Labute approximate surface area is 290 Å². The molecule has 0 aliphatic heterocycles. The van der Waals surface area contributed by atoms with E-state index in [9.17, 15) is 24.0 Å². The molecule has 12 nitrogen and oxygen atoms in total. The Hall–Kier alpha value is -4.45. The summed E-state index contributed by atoms with van der Waals surface area (Å²) in [7, 11) is 0. The lowest BCUT2D eigenvalue weighted by atomic mass is 10.0. The third-order valence-corrected chi connectivity index (χ3v) is 6.92. The summed E-state index contributed by atoms with van der Waals surface area (Å²) in [5.74, 6) is -3.09. The molecule has 270 valence electrons. The van der Waals surface area contributed by atoms with E-state index in [1.807, 2.05) is 57.2 Å².